The van der Waals surface area contributed by atoms with Crippen molar-refractivity contribution < 1.29 is 14.4 Å². The van der Waals surface area contributed by atoms with Crippen LogP contribution in [0.2, 0.25) is 0 Å². The molecule has 0 saturated carbocycles. The van der Waals surface area contributed by atoms with Gasteiger partial charge in [-0.15, -0.1) is 0 Å². The molecule has 30 heavy (non-hydrogen) atoms. The summed E-state index contributed by atoms with van der Waals surface area (Å²) in [4.78, 5) is 18.9. The summed E-state index contributed by atoms with van der Waals surface area (Å²) in [6.07, 6.45) is 0. The Balaban J connectivity index is 1.65. The van der Waals surface area contributed by atoms with Gasteiger partial charge in [-0.2, -0.15) is 0 Å². The molecule has 5 rings (SSSR count). The zero-order valence-electron chi connectivity index (χ0n) is 15.7. The van der Waals surface area contributed by atoms with Crippen molar-refractivity contribution in [3.63, 3.8) is 0 Å². The Kier molecular flexibility index (Phi) is 4.79. The highest BCUT2D eigenvalue weighted by Gasteiger charge is 2.17. The standard InChI is InChI=1S/C24H17INO3P/c25-18-10-13-24-22(15-18)21-6-1-2-7-23(21)26(24)19-11-8-16(9-12-19)17-4-3-5-20(14-17)30(27,28)29/h1-15H,(H2,27,28,29). The highest BCUT2D eigenvalue weighted by molar-refractivity contribution is 14.1. The molecule has 0 saturated heterocycles. The number of nitrogens with zero attached hydrogens (tertiary/aromatic N) is 1. The van der Waals surface area contributed by atoms with Gasteiger partial charge < -0.3 is 14.4 Å². The van der Waals surface area contributed by atoms with Gasteiger partial charge in [0.15, 0.2) is 0 Å². The van der Waals surface area contributed by atoms with Crippen LogP contribution in [-0.4, -0.2) is 14.4 Å². The maximum atomic E-state index is 11.6. The van der Waals surface area contributed by atoms with Crippen molar-refractivity contribution in [2.45, 2.75) is 0 Å². The number of aromatic nitrogens is 1. The monoisotopic (exact) mass is 525 g/mol. The van der Waals surface area contributed by atoms with Crippen molar-refractivity contribution in [2.24, 2.45) is 0 Å². The number of para-hydroxylation sites is 1. The predicted octanol–water partition coefficient (Wildman–Crippen LogP) is 5.86. The van der Waals surface area contributed by atoms with Gasteiger partial charge in [-0.05, 0) is 82.2 Å². The van der Waals surface area contributed by atoms with E-state index in [1.807, 2.05) is 36.4 Å². The first-order valence-corrected chi connectivity index (χ1v) is 12.1. The van der Waals surface area contributed by atoms with Gasteiger partial charge in [-0.1, -0.05) is 42.5 Å². The van der Waals surface area contributed by atoms with Crippen LogP contribution in [0.15, 0.2) is 91.0 Å². The largest absolute Gasteiger partial charge is 0.356 e. The molecule has 0 fully saturated rings. The van der Waals surface area contributed by atoms with Gasteiger partial charge in [-0.3, -0.25) is 4.57 Å². The molecule has 0 atom stereocenters. The minimum atomic E-state index is -4.28. The minimum absolute atomic E-state index is 0.0288. The average Bonchev–Trinajstić information content (AvgIpc) is 3.07. The van der Waals surface area contributed by atoms with Gasteiger partial charge in [0.1, 0.15) is 0 Å². The third-order valence-electron chi connectivity index (χ3n) is 5.28. The van der Waals surface area contributed by atoms with Gasteiger partial charge in [0.05, 0.1) is 16.3 Å². The number of hydrogen-bond acceptors (Lipinski definition) is 1. The van der Waals surface area contributed by atoms with E-state index in [0.29, 0.717) is 0 Å². The zero-order chi connectivity index (χ0) is 20.9. The van der Waals surface area contributed by atoms with Crippen LogP contribution in [0.1, 0.15) is 0 Å². The summed E-state index contributed by atoms with van der Waals surface area (Å²) in [7, 11) is -4.28. The van der Waals surface area contributed by atoms with Crippen LogP contribution in [0.3, 0.4) is 0 Å². The number of benzene rings is 4. The van der Waals surface area contributed by atoms with Crippen LogP contribution in [0.25, 0.3) is 38.6 Å². The average molecular weight is 525 g/mol. The number of fused-ring (bicyclic) bond motifs is 3. The normalized spacial score (nSPS) is 12.0. The van der Waals surface area contributed by atoms with Crippen LogP contribution in [0.5, 0.6) is 0 Å². The molecule has 4 aromatic carbocycles. The second kappa shape index (κ2) is 7.36. The number of rotatable bonds is 3. The zero-order valence-corrected chi connectivity index (χ0v) is 18.8. The lowest BCUT2D eigenvalue weighted by atomic mass is 10.1. The Labute approximate surface area is 187 Å². The Morgan fingerprint density at radius 2 is 1.43 bits per heavy atom. The lowest BCUT2D eigenvalue weighted by molar-refractivity contribution is 0.387. The maximum absolute atomic E-state index is 11.6. The summed E-state index contributed by atoms with van der Waals surface area (Å²) in [5, 5.41) is 2.46. The first-order valence-electron chi connectivity index (χ1n) is 9.37. The Morgan fingerprint density at radius 1 is 0.700 bits per heavy atom. The summed E-state index contributed by atoms with van der Waals surface area (Å²) < 4.78 is 15.0. The van der Waals surface area contributed by atoms with Crippen molar-refractivity contribution in [3.8, 4) is 16.8 Å². The van der Waals surface area contributed by atoms with E-state index in [2.05, 4.69) is 63.6 Å². The van der Waals surface area contributed by atoms with E-state index in [9.17, 15) is 14.4 Å². The molecule has 6 heteroatoms. The predicted molar refractivity (Wildman–Crippen MR) is 131 cm³/mol. The minimum Gasteiger partial charge on any atom is -0.321 e. The van der Waals surface area contributed by atoms with Gasteiger partial charge in [-0.25, -0.2) is 0 Å². The topological polar surface area (TPSA) is 62.5 Å². The first kappa shape index (κ1) is 19.5. The van der Waals surface area contributed by atoms with Crippen LogP contribution in [0, 0.1) is 3.57 Å². The van der Waals surface area contributed by atoms with Crippen LogP contribution in [-0.2, 0) is 4.57 Å². The molecular formula is C24H17INO3P. The molecule has 0 aliphatic heterocycles. The van der Waals surface area contributed by atoms with E-state index in [-0.39, 0.29) is 5.30 Å². The molecule has 0 spiro atoms. The molecule has 2 N–H and O–H groups in total. The van der Waals surface area contributed by atoms with Gasteiger partial charge >= 0.3 is 7.60 Å². The molecule has 0 radical (unpaired) electrons. The highest BCUT2D eigenvalue weighted by Crippen LogP contribution is 2.36. The number of hydrogen-bond donors (Lipinski definition) is 2. The van der Waals surface area contributed by atoms with E-state index in [4.69, 9.17) is 0 Å². The van der Waals surface area contributed by atoms with Gasteiger partial charge in [0.2, 0.25) is 0 Å². The van der Waals surface area contributed by atoms with E-state index in [0.717, 1.165) is 27.8 Å². The molecule has 0 aliphatic carbocycles. The summed E-state index contributed by atoms with van der Waals surface area (Å²) >= 11 is 2.34. The van der Waals surface area contributed by atoms with Crippen molar-refractivity contribution in [1.82, 2.24) is 4.57 Å². The van der Waals surface area contributed by atoms with Crippen molar-refractivity contribution in [1.29, 1.82) is 0 Å². The molecule has 0 aliphatic rings. The van der Waals surface area contributed by atoms with E-state index < -0.39 is 7.60 Å². The third-order valence-corrected chi connectivity index (χ3v) is 6.90. The second-order valence-electron chi connectivity index (χ2n) is 7.16. The van der Waals surface area contributed by atoms with E-state index >= 15 is 0 Å². The lowest BCUT2D eigenvalue weighted by Gasteiger charge is -2.10. The quantitative estimate of drug-likeness (QED) is 0.229. The van der Waals surface area contributed by atoms with Crippen LogP contribution < -0.4 is 5.30 Å². The Hall–Kier alpha value is -2.44. The molecule has 1 heterocycles. The summed E-state index contributed by atoms with van der Waals surface area (Å²) in [6, 6.07) is 29.4. The van der Waals surface area contributed by atoms with Crippen LogP contribution in [0.4, 0.5) is 0 Å². The summed E-state index contributed by atoms with van der Waals surface area (Å²) in [5.74, 6) is 0. The molecule has 0 bridgehead atoms. The fourth-order valence-electron chi connectivity index (χ4n) is 3.89. The van der Waals surface area contributed by atoms with Gasteiger partial charge in [0.25, 0.3) is 0 Å². The van der Waals surface area contributed by atoms with E-state index in [1.54, 1.807) is 12.1 Å². The lowest BCUT2D eigenvalue weighted by Crippen LogP contribution is -2.03. The molecule has 4 nitrogen and oxygen atoms in total. The Morgan fingerprint density at radius 3 is 2.20 bits per heavy atom. The summed E-state index contributed by atoms with van der Waals surface area (Å²) in [6.45, 7) is 0. The molecule has 148 valence electrons. The second-order valence-corrected chi connectivity index (χ2v) is 10.0. The fourth-order valence-corrected chi connectivity index (χ4v) is 4.97. The summed E-state index contributed by atoms with van der Waals surface area (Å²) in [5.41, 5.74) is 5.01. The molecule has 0 unspecified atom stereocenters. The van der Waals surface area contributed by atoms with Crippen molar-refractivity contribution >= 4 is 57.3 Å². The molecule has 5 aromatic rings. The third kappa shape index (κ3) is 3.38. The maximum Gasteiger partial charge on any atom is 0.356 e. The van der Waals surface area contributed by atoms with E-state index in [1.165, 1.54) is 20.4 Å². The number of halogens is 1. The molecular weight excluding hydrogens is 508 g/mol. The van der Waals surface area contributed by atoms with Gasteiger partial charge in [0, 0.05) is 20.0 Å². The van der Waals surface area contributed by atoms with Crippen LogP contribution >= 0.6 is 30.2 Å². The highest BCUT2D eigenvalue weighted by atomic mass is 127. The molecule has 1 aromatic heterocycles. The SMILES string of the molecule is O=P(O)(O)c1cccc(-c2ccc(-n3c4ccccc4c4cc(I)ccc43)cc2)c1. The Bertz CT molecular complexity index is 1450. The first-order chi connectivity index (χ1) is 14.4. The molecule has 0 amide bonds. The fraction of sp³-hybridized carbons (Fsp3) is 0. The van der Waals surface area contributed by atoms with Crippen molar-refractivity contribution in [2.75, 3.05) is 0 Å². The van der Waals surface area contributed by atoms with Crippen molar-refractivity contribution in [3.05, 3.63) is 94.6 Å². The smallest absolute Gasteiger partial charge is 0.321 e.